The Morgan fingerprint density at radius 1 is 1.13 bits per heavy atom. The molecule has 0 atom stereocenters. The third kappa shape index (κ3) is 5.29. The molecule has 0 aliphatic rings. The summed E-state index contributed by atoms with van der Waals surface area (Å²) in [6.07, 6.45) is 0.663. The van der Waals surface area contributed by atoms with Crippen LogP contribution in [0.25, 0.3) is 5.65 Å². The summed E-state index contributed by atoms with van der Waals surface area (Å²) in [5.41, 5.74) is 4.05. The molecule has 0 fully saturated rings. The Kier molecular flexibility index (Phi) is 6.20. The van der Waals surface area contributed by atoms with Crippen LogP contribution in [0.5, 0.6) is 0 Å². The molecule has 2 heterocycles. The number of rotatable bonds is 6. The molecule has 9 heteroatoms. The lowest BCUT2D eigenvalue weighted by Gasteiger charge is -2.21. The van der Waals surface area contributed by atoms with Crippen molar-refractivity contribution in [1.82, 2.24) is 19.3 Å². The smallest absolute Gasteiger partial charge is 0.243 e. The number of hydrogen-bond donors (Lipinski definition) is 2. The van der Waals surface area contributed by atoms with Crippen molar-refractivity contribution in [2.45, 2.75) is 64.8 Å². The Balaban J connectivity index is 1.78. The molecule has 1 aromatic carbocycles. The Bertz CT molecular complexity index is 1240. The molecule has 2 aromatic heterocycles. The number of fused-ring (bicyclic) bond motifs is 1. The van der Waals surface area contributed by atoms with Crippen LogP contribution < -0.4 is 10.0 Å². The highest BCUT2D eigenvalue weighted by Gasteiger charge is 2.25. The van der Waals surface area contributed by atoms with E-state index in [1.807, 2.05) is 26.8 Å². The lowest BCUT2D eigenvalue weighted by atomic mass is 10.1. The Labute approximate surface area is 183 Å². The van der Waals surface area contributed by atoms with Gasteiger partial charge in [0.25, 0.3) is 0 Å². The van der Waals surface area contributed by atoms with Crippen LogP contribution in [-0.2, 0) is 21.2 Å². The summed E-state index contributed by atoms with van der Waals surface area (Å²) >= 11 is 0. The Hall–Kier alpha value is -2.78. The van der Waals surface area contributed by atoms with Crippen molar-refractivity contribution < 1.29 is 13.2 Å². The van der Waals surface area contributed by atoms with Gasteiger partial charge in [-0.25, -0.2) is 22.6 Å². The highest BCUT2D eigenvalue weighted by Crippen LogP contribution is 2.23. The first-order chi connectivity index (χ1) is 14.4. The number of hydrogen-bond acceptors (Lipinski definition) is 5. The van der Waals surface area contributed by atoms with Crippen LogP contribution in [0.2, 0.25) is 0 Å². The third-order valence-corrected chi connectivity index (χ3v) is 6.60. The number of para-hydroxylation sites is 1. The maximum atomic E-state index is 12.8. The van der Waals surface area contributed by atoms with Crippen molar-refractivity contribution in [3.05, 3.63) is 53.0 Å². The van der Waals surface area contributed by atoms with Crippen molar-refractivity contribution >= 4 is 27.3 Å². The maximum absolute atomic E-state index is 12.8. The van der Waals surface area contributed by atoms with E-state index in [4.69, 9.17) is 0 Å². The van der Waals surface area contributed by atoms with Crippen molar-refractivity contribution in [3.8, 4) is 0 Å². The van der Waals surface area contributed by atoms with Crippen LogP contribution in [0.4, 0.5) is 5.69 Å². The lowest BCUT2D eigenvalue weighted by molar-refractivity contribution is -0.116. The summed E-state index contributed by atoms with van der Waals surface area (Å²) in [4.78, 5) is 17.3. The van der Waals surface area contributed by atoms with E-state index in [1.165, 1.54) is 6.07 Å². The molecule has 2 N–H and O–H groups in total. The molecule has 1 amide bonds. The molecule has 0 spiro atoms. The number of amides is 1. The van der Waals surface area contributed by atoms with Crippen LogP contribution in [-0.4, -0.2) is 34.5 Å². The van der Waals surface area contributed by atoms with Gasteiger partial charge in [-0.1, -0.05) is 12.1 Å². The molecule has 3 aromatic rings. The summed E-state index contributed by atoms with van der Waals surface area (Å²) in [5, 5.41) is 7.21. The second-order valence-electron chi connectivity index (χ2n) is 8.72. The first-order valence-electron chi connectivity index (χ1n) is 10.1. The van der Waals surface area contributed by atoms with E-state index < -0.39 is 15.6 Å². The molecule has 0 aliphatic heterocycles. The minimum absolute atomic E-state index is 0.0424. The van der Waals surface area contributed by atoms with Gasteiger partial charge in [0.05, 0.1) is 11.4 Å². The zero-order chi connectivity index (χ0) is 23.0. The van der Waals surface area contributed by atoms with E-state index in [0.717, 1.165) is 28.3 Å². The molecule has 8 nitrogen and oxygen atoms in total. The molecule has 166 valence electrons. The summed E-state index contributed by atoms with van der Waals surface area (Å²) in [7, 11) is -3.78. The molecule has 0 bridgehead atoms. The van der Waals surface area contributed by atoms with Gasteiger partial charge in [0.15, 0.2) is 5.65 Å². The number of nitrogens with zero attached hydrogens (tertiary/aromatic N) is 3. The van der Waals surface area contributed by atoms with Gasteiger partial charge in [0.2, 0.25) is 15.9 Å². The fourth-order valence-corrected chi connectivity index (χ4v) is 5.10. The minimum atomic E-state index is -3.78. The minimum Gasteiger partial charge on any atom is -0.325 e. The van der Waals surface area contributed by atoms with Crippen molar-refractivity contribution in [2.75, 3.05) is 5.32 Å². The quantitative estimate of drug-likeness (QED) is 0.608. The monoisotopic (exact) mass is 443 g/mol. The molecular formula is C22H29N5O3S. The van der Waals surface area contributed by atoms with Crippen LogP contribution in [0.3, 0.4) is 0 Å². The average molecular weight is 444 g/mol. The second-order valence-corrected chi connectivity index (χ2v) is 10.4. The summed E-state index contributed by atoms with van der Waals surface area (Å²) in [5.74, 6) is -0.269. The fraction of sp³-hybridized carbons (Fsp3) is 0.409. The van der Waals surface area contributed by atoms with Crippen LogP contribution in [0.1, 0.15) is 49.8 Å². The number of aryl methyl sites for hydroxylation is 3. The zero-order valence-electron chi connectivity index (χ0n) is 18.8. The molecule has 0 saturated heterocycles. The molecule has 31 heavy (non-hydrogen) atoms. The number of aromatic nitrogens is 3. The van der Waals surface area contributed by atoms with Gasteiger partial charge >= 0.3 is 0 Å². The third-order valence-electron chi connectivity index (χ3n) is 4.78. The van der Waals surface area contributed by atoms with Crippen LogP contribution in [0.15, 0.2) is 35.2 Å². The topological polar surface area (TPSA) is 105 Å². The van der Waals surface area contributed by atoms with Gasteiger partial charge < -0.3 is 5.32 Å². The molecule has 0 radical (unpaired) electrons. The predicted molar refractivity (Wildman–Crippen MR) is 121 cm³/mol. The van der Waals surface area contributed by atoms with Crippen LogP contribution in [0, 0.1) is 20.8 Å². The van der Waals surface area contributed by atoms with Crippen LogP contribution >= 0.6 is 0 Å². The Morgan fingerprint density at radius 3 is 2.48 bits per heavy atom. The molecule has 0 saturated carbocycles. The number of nitrogens with one attached hydrogen (secondary N) is 2. The number of benzene rings is 1. The molecule has 0 aliphatic carbocycles. The van der Waals surface area contributed by atoms with Gasteiger partial charge in [-0.2, -0.15) is 5.10 Å². The summed E-state index contributed by atoms with van der Waals surface area (Å²) in [6.45, 7) is 11.1. The largest absolute Gasteiger partial charge is 0.325 e. The average Bonchev–Trinajstić information content (AvgIpc) is 3.00. The first kappa shape index (κ1) is 22.9. The van der Waals surface area contributed by atoms with Gasteiger partial charge in [-0.15, -0.1) is 0 Å². The highest BCUT2D eigenvalue weighted by atomic mass is 32.2. The summed E-state index contributed by atoms with van der Waals surface area (Å²) in [6, 6.07) is 8.31. The van der Waals surface area contributed by atoms with Gasteiger partial charge in [0, 0.05) is 29.4 Å². The van der Waals surface area contributed by atoms with E-state index in [0.29, 0.717) is 6.42 Å². The van der Waals surface area contributed by atoms with Crippen molar-refractivity contribution in [2.24, 2.45) is 0 Å². The molecular weight excluding hydrogens is 414 g/mol. The van der Waals surface area contributed by atoms with Crippen molar-refractivity contribution in [3.63, 3.8) is 0 Å². The number of carbonyl (C=O) groups is 1. The van der Waals surface area contributed by atoms with E-state index in [9.17, 15) is 13.2 Å². The highest BCUT2D eigenvalue weighted by molar-refractivity contribution is 7.89. The van der Waals surface area contributed by atoms with Crippen molar-refractivity contribution in [1.29, 1.82) is 0 Å². The van der Waals surface area contributed by atoms with Gasteiger partial charge in [0.1, 0.15) is 4.90 Å². The molecule has 3 rings (SSSR count). The number of carbonyl (C=O) groups excluding carboxylic acids is 1. The molecule has 0 unspecified atom stereocenters. The first-order valence-corrected chi connectivity index (χ1v) is 11.6. The van der Waals surface area contributed by atoms with E-state index in [2.05, 4.69) is 20.1 Å². The lowest BCUT2D eigenvalue weighted by Crippen LogP contribution is -2.40. The predicted octanol–water partition coefficient (Wildman–Crippen LogP) is 3.30. The SMILES string of the molecule is Cc1cc2nc(C)c(CCC(=O)Nc3ccccc3S(=O)(=O)NC(C)(C)C)c(C)n2n1. The van der Waals surface area contributed by atoms with E-state index >= 15 is 0 Å². The Morgan fingerprint density at radius 2 is 1.81 bits per heavy atom. The van der Waals surface area contributed by atoms with E-state index in [1.54, 1.807) is 43.5 Å². The number of anilines is 1. The standard InChI is InChI=1S/C22H29N5O3S/c1-14-13-20-23-15(2)17(16(3)27(20)25-14)11-12-21(28)24-18-9-7-8-10-19(18)31(29,30)26-22(4,5)6/h7-10,13,26H,11-12H2,1-6H3,(H,24,28). The van der Waals surface area contributed by atoms with Gasteiger partial charge in [-0.05, 0) is 65.7 Å². The van der Waals surface area contributed by atoms with E-state index in [-0.39, 0.29) is 22.9 Å². The fourth-order valence-electron chi connectivity index (χ4n) is 3.52. The normalized spacial score (nSPS) is 12.3. The summed E-state index contributed by atoms with van der Waals surface area (Å²) < 4.78 is 29.9. The number of sulfonamides is 1. The maximum Gasteiger partial charge on any atom is 0.243 e. The van der Waals surface area contributed by atoms with Gasteiger partial charge in [-0.3, -0.25) is 4.79 Å². The second kappa shape index (κ2) is 8.39. The zero-order valence-corrected chi connectivity index (χ0v) is 19.6.